The smallest absolute Gasteiger partial charge is 0.410 e. The molecule has 0 unspecified atom stereocenters. The molecule has 0 fully saturated rings. The molecule has 0 heterocycles. The molecule has 0 aliphatic heterocycles. The molecule has 0 spiro atoms. The zero-order chi connectivity index (χ0) is 15.1. The van der Waals surface area contributed by atoms with Crippen LogP contribution in [0.4, 0.5) is 4.79 Å². The molecular formula is C14H27NO4. The van der Waals surface area contributed by atoms with Gasteiger partial charge in [-0.25, -0.2) is 9.59 Å². The van der Waals surface area contributed by atoms with Gasteiger partial charge in [0.2, 0.25) is 0 Å². The highest BCUT2D eigenvalue weighted by Crippen LogP contribution is 2.15. The molecule has 0 saturated heterocycles. The maximum Gasteiger partial charge on any atom is 0.410 e. The number of aliphatic carboxylic acids is 1. The first-order valence-corrected chi connectivity index (χ1v) is 6.87. The van der Waals surface area contributed by atoms with Crippen molar-refractivity contribution in [2.75, 3.05) is 7.05 Å². The van der Waals surface area contributed by atoms with Gasteiger partial charge in [-0.3, -0.25) is 4.90 Å². The van der Waals surface area contributed by atoms with E-state index in [4.69, 9.17) is 4.74 Å². The van der Waals surface area contributed by atoms with Crippen molar-refractivity contribution in [1.29, 1.82) is 0 Å². The molecule has 0 saturated carbocycles. The molecular weight excluding hydrogens is 246 g/mol. The van der Waals surface area contributed by atoms with Crippen LogP contribution in [-0.4, -0.2) is 40.8 Å². The van der Waals surface area contributed by atoms with Crippen LogP contribution in [-0.2, 0) is 9.53 Å². The molecule has 0 aromatic rings. The minimum absolute atomic E-state index is 0.463. The van der Waals surface area contributed by atoms with Gasteiger partial charge in [-0.05, 0) is 27.2 Å². The molecule has 1 N–H and O–H groups in total. The first kappa shape index (κ1) is 17.7. The number of ether oxygens (including phenoxy) is 1. The Kier molecular flexibility index (Phi) is 7.49. The number of carboxylic acids is 1. The molecule has 19 heavy (non-hydrogen) atoms. The van der Waals surface area contributed by atoms with E-state index >= 15 is 0 Å². The van der Waals surface area contributed by atoms with Gasteiger partial charge in [-0.1, -0.05) is 32.6 Å². The number of carbonyl (C=O) groups is 2. The standard InChI is InChI=1S/C14H27NO4/c1-6-7-8-9-10-11(12(16)17)15(5)13(18)19-14(2,3)4/h11H,6-10H2,1-5H3,(H,16,17)/t11-/m0/s1. The quantitative estimate of drug-likeness (QED) is 0.723. The molecule has 1 atom stereocenters. The molecule has 5 nitrogen and oxygen atoms in total. The van der Waals surface area contributed by atoms with Crippen LogP contribution in [0.25, 0.3) is 0 Å². The number of nitrogens with zero attached hydrogens (tertiary/aromatic N) is 1. The normalized spacial score (nSPS) is 12.9. The van der Waals surface area contributed by atoms with Gasteiger partial charge in [0.25, 0.3) is 0 Å². The number of hydrogen-bond donors (Lipinski definition) is 1. The van der Waals surface area contributed by atoms with Gasteiger partial charge >= 0.3 is 12.1 Å². The summed E-state index contributed by atoms with van der Waals surface area (Å²) in [6.45, 7) is 7.38. The number of carbonyl (C=O) groups excluding carboxylic acids is 1. The minimum atomic E-state index is -0.982. The molecule has 112 valence electrons. The molecule has 1 amide bonds. The molecule has 0 aliphatic rings. The SMILES string of the molecule is CCCCCC[C@@H](C(=O)O)N(C)C(=O)OC(C)(C)C. The van der Waals surface area contributed by atoms with Gasteiger partial charge < -0.3 is 9.84 Å². The lowest BCUT2D eigenvalue weighted by Crippen LogP contribution is -2.44. The van der Waals surface area contributed by atoms with Crippen molar-refractivity contribution in [3.8, 4) is 0 Å². The Morgan fingerprint density at radius 3 is 2.21 bits per heavy atom. The fourth-order valence-electron chi connectivity index (χ4n) is 1.71. The highest BCUT2D eigenvalue weighted by atomic mass is 16.6. The van der Waals surface area contributed by atoms with Gasteiger partial charge in [0, 0.05) is 7.05 Å². The van der Waals surface area contributed by atoms with Crippen molar-refractivity contribution in [1.82, 2.24) is 4.90 Å². The first-order valence-electron chi connectivity index (χ1n) is 6.87. The number of likely N-dealkylation sites (N-methyl/N-ethyl adjacent to an activating group) is 1. The predicted octanol–water partition coefficient (Wildman–Crippen LogP) is 3.28. The van der Waals surface area contributed by atoms with E-state index in [9.17, 15) is 14.7 Å². The Morgan fingerprint density at radius 2 is 1.79 bits per heavy atom. The van der Waals surface area contributed by atoms with Crippen LogP contribution in [0, 0.1) is 0 Å². The predicted molar refractivity (Wildman–Crippen MR) is 74.2 cm³/mol. The van der Waals surface area contributed by atoms with E-state index in [2.05, 4.69) is 6.92 Å². The van der Waals surface area contributed by atoms with Crippen LogP contribution in [0.2, 0.25) is 0 Å². The van der Waals surface area contributed by atoms with Crippen molar-refractivity contribution >= 4 is 12.1 Å². The van der Waals surface area contributed by atoms with Gasteiger partial charge in [0.05, 0.1) is 0 Å². The zero-order valence-electron chi connectivity index (χ0n) is 12.7. The molecule has 0 rings (SSSR count). The summed E-state index contributed by atoms with van der Waals surface area (Å²) in [5.74, 6) is -0.982. The Labute approximate surface area is 115 Å². The van der Waals surface area contributed by atoms with Crippen LogP contribution in [0.15, 0.2) is 0 Å². The summed E-state index contributed by atoms with van der Waals surface area (Å²) in [6.07, 6.45) is 3.85. The van der Waals surface area contributed by atoms with Gasteiger partial charge in [-0.15, -0.1) is 0 Å². The lowest BCUT2D eigenvalue weighted by Gasteiger charge is -2.28. The molecule has 0 aromatic heterocycles. The maximum atomic E-state index is 11.8. The Hall–Kier alpha value is -1.26. The fraction of sp³-hybridized carbons (Fsp3) is 0.857. The third-order valence-electron chi connectivity index (χ3n) is 2.77. The van der Waals surface area contributed by atoms with E-state index in [0.29, 0.717) is 6.42 Å². The number of carboxylic acid groups (broad SMARTS) is 1. The van der Waals surface area contributed by atoms with Crippen LogP contribution < -0.4 is 0 Å². The second-order valence-corrected chi connectivity index (χ2v) is 5.79. The van der Waals surface area contributed by atoms with Crippen molar-refractivity contribution in [2.24, 2.45) is 0 Å². The average molecular weight is 273 g/mol. The highest BCUT2D eigenvalue weighted by Gasteiger charge is 2.29. The van der Waals surface area contributed by atoms with E-state index in [1.165, 1.54) is 11.9 Å². The topological polar surface area (TPSA) is 66.8 Å². The molecule has 0 radical (unpaired) electrons. The van der Waals surface area contributed by atoms with E-state index in [-0.39, 0.29) is 0 Å². The Balaban J connectivity index is 4.44. The third kappa shape index (κ3) is 7.70. The lowest BCUT2D eigenvalue weighted by atomic mass is 10.1. The van der Waals surface area contributed by atoms with Crippen molar-refractivity contribution in [3.05, 3.63) is 0 Å². The second kappa shape index (κ2) is 8.02. The summed E-state index contributed by atoms with van der Waals surface area (Å²) in [5.41, 5.74) is -0.614. The summed E-state index contributed by atoms with van der Waals surface area (Å²) in [4.78, 5) is 24.2. The molecule has 0 bridgehead atoms. The highest BCUT2D eigenvalue weighted by molar-refractivity contribution is 5.79. The van der Waals surface area contributed by atoms with E-state index in [1.54, 1.807) is 20.8 Å². The van der Waals surface area contributed by atoms with Crippen molar-refractivity contribution in [3.63, 3.8) is 0 Å². The first-order chi connectivity index (χ1) is 8.69. The second-order valence-electron chi connectivity index (χ2n) is 5.79. The summed E-state index contributed by atoms with van der Waals surface area (Å²) >= 11 is 0. The van der Waals surface area contributed by atoms with E-state index in [1.807, 2.05) is 0 Å². The Bertz CT molecular complexity index is 296. The van der Waals surface area contributed by atoms with Crippen LogP contribution in [0.3, 0.4) is 0 Å². The average Bonchev–Trinajstić information content (AvgIpc) is 2.25. The zero-order valence-corrected chi connectivity index (χ0v) is 12.7. The fourth-order valence-corrected chi connectivity index (χ4v) is 1.71. The number of amides is 1. The maximum absolute atomic E-state index is 11.8. The third-order valence-corrected chi connectivity index (χ3v) is 2.77. The largest absolute Gasteiger partial charge is 0.480 e. The Morgan fingerprint density at radius 1 is 1.21 bits per heavy atom. The van der Waals surface area contributed by atoms with Crippen LogP contribution >= 0.6 is 0 Å². The number of hydrogen-bond acceptors (Lipinski definition) is 3. The van der Waals surface area contributed by atoms with Crippen molar-refractivity contribution < 1.29 is 19.4 Å². The summed E-state index contributed by atoms with van der Waals surface area (Å²) in [5, 5.41) is 9.20. The van der Waals surface area contributed by atoms with Gasteiger partial charge in [0.15, 0.2) is 0 Å². The summed E-state index contributed by atoms with van der Waals surface area (Å²) in [7, 11) is 1.48. The van der Waals surface area contributed by atoms with Gasteiger partial charge in [0.1, 0.15) is 11.6 Å². The van der Waals surface area contributed by atoms with Gasteiger partial charge in [-0.2, -0.15) is 0 Å². The molecule has 0 aliphatic carbocycles. The molecule has 0 aromatic carbocycles. The lowest BCUT2D eigenvalue weighted by molar-refractivity contribution is -0.143. The molecule has 5 heteroatoms. The number of unbranched alkanes of at least 4 members (excludes halogenated alkanes) is 3. The number of rotatable bonds is 7. The monoisotopic (exact) mass is 273 g/mol. The summed E-state index contributed by atoms with van der Waals surface area (Å²) < 4.78 is 5.18. The van der Waals surface area contributed by atoms with Crippen LogP contribution in [0.5, 0.6) is 0 Å². The van der Waals surface area contributed by atoms with E-state index < -0.39 is 23.7 Å². The van der Waals surface area contributed by atoms with Crippen LogP contribution in [0.1, 0.15) is 59.8 Å². The summed E-state index contributed by atoms with van der Waals surface area (Å²) in [6, 6.07) is -0.813. The minimum Gasteiger partial charge on any atom is -0.480 e. The van der Waals surface area contributed by atoms with Crippen molar-refractivity contribution in [2.45, 2.75) is 71.4 Å². The van der Waals surface area contributed by atoms with E-state index in [0.717, 1.165) is 25.7 Å².